The van der Waals surface area contributed by atoms with Gasteiger partial charge in [-0.1, -0.05) is 30.3 Å². The Morgan fingerprint density at radius 1 is 1.10 bits per heavy atom. The molecule has 0 aromatic heterocycles. The van der Waals surface area contributed by atoms with Crippen LogP contribution in [0.4, 0.5) is 0 Å². The first-order chi connectivity index (χ1) is 14.8. The normalized spacial score (nSPS) is 26.0. The number of benzene rings is 1. The minimum Gasteiger partial charge on any atom is -0.379 e. The fourth-order valence-corrected chi connectivity index (χ4v) is 4.68. The first kappa shape index (κ1) is 21.6. The average Bonchev–Trinajstić information content (AvgIpc) is 3.23. The zero-order chi connectivity index (χ0) is 20.6. The van der Waals surface area contributed by atoms with Gasteiger partial charge in [-0.15, -0.1) is 0 Å². The molecule has 166 valence electrons. The van der Waals surface area contributed by atoms with Crippen molar-refractivity contribution >= 4 is 5.96 Å². The summed E-state index contributed by atoms with van der Waals surface area (Å²) in [6.45, 7) is 13.5. The maximum atomic E-state index is 6.15. The maximum absolute atomic E-state index is 6.15. The zero-order valence-corrected chi connectivity index (χ0v) is 18.3. The summed E-state index contributed by atoms with van der Waals surface area (Å²) < 4.78 is 11.6. The Kier molecular flexibility index (Phi) is 7.97. The lowest BCUT2D eigenvalue weighted by Gasteiger charge is -2.36. The molecule has 1 N–H and O–H groups in total. The molecule has 2 atom stereocenters. The highest BCUT2D eigenvalue weighted by atomic mass is 16.5. The maximum Gasteiger partial charge on any atom is 0.194 e. The van der Waals surface area contributed by atoms with E-state index in [4.69, 9.17) is 14.5 Å². The summed E-state index contributed by atoms with van der Waals surface area (Å²) in [5, 5.41) is 3.51. The van der Waals surface area contributed by atoms with E-state index in [2.05, 4.69) is 57.3 Å². The standard InChI is InChI=1S/C23H37N5O2/c1-2-24-23(25-9-6-10-26-11-14-29-15-12-26)28-18-21-22(19-28)30-16-13-27(21)17-20-7-4-3-5-8-20/h3-5,7-8,21-22H,2,6,9-19H2,1H3,(H,24,25). The van der Waals surface area contributed by atoms with Gasteiger partial charge in [0.2, 0.25) is 0 Å². The largest absolute Gasteiger partial charge is 0.379 e. The van der Waals surface area contributed by atoms with Crippen molar-refractivity contribution in [1.29, 1.82) is 0 Å². The van der Waals surface area contributed by atoms with E-state index in [1.807, 2.05) is 0 Å². The van der Waals surface area contributed by atoms with Crippen molar-refractivity contribution in [2.75, 3.05) is 72.2 Å². The van der Waals surface area contributed by atoms with Crippen molar-refractivity contribution in [3.63, 3.8) is 0 Å². The van der Waals surface area contributed by atoms with Gasteiger partial charge in [0.05, 0.1) is 32.0 Å². The number of morpholine rings is 2. The molecule has 0 radical (unpaired) electrons. The van der Waals surface area contributed by atoms with Gasteiger partial charge in [-0.25, -0.2) is 0 Å². The van der Waals surface area contributed by atoms with Gasteiger partial charge >= 0.3 is 0 Å². The minimum absolute atomic E-state index is 0.264. The van der Waals surface area contributed by atoms with Gasteiger partial charge in [0, 0.05) is 58.9 Å². The quantitative estimate of drug-likeness (QED) is 0.411. The summed E-state index contributed by atoms with van der Waals surface area (Å²) in [6.07, 6.45) is 1.35. The van der Waals surface area contributed by atoms with Crippen molar-refractivity contribution in [1.82, 2.24) is 20.0 Å². The van der Waals surface area contributed by atoms with Crippen LogP contribution >= 0.6 is 0 Å². The van der Waals surface area contributed by atoms with E-state index in [9.17, 15) is 0 Å². The third-order valence-corrected chi connectivity index (χ3v) is 6.28. The number of hydrogen-bond donors (Lipinski definition) is 1. The summed E-state index contributed by atoms with van der Waals surface area (Å²) in [5.41, 5.74) is 1.38. The number of nitrogens with zero attached hydrogens (tertiary/aromatic N) is 4. The van der Waals surface area contributed by atoms with Crippen molar-refractivity contribution in [3.05, 3.63) is 35.9 Å². The van der Waals surface area contributed by atoms with Crippen LogP contribution in [-0.2, 0) is 16.0 Å². The van der Waals surface area contributed by atoms with Crippen LogP contribution in [0.5, 0.6) is 0 Å². The molecule has 0 amide bonds. The number of rotatable bonds is 7. The molecule has 3 saturated heterocycles. The number of ether oxygens (including phenoxy) is 2. The number of nitrogens with one attached hydrogen (secondary N) is 1. The van der Waals surface area contributed by atoms with Crippen molar-refractivity contribution in [2.24, 2.45) is 4.99 Å². The predicted octanol–water partition coefficient (Wildman–Crippen LogP) is 1.26. The van der Waals surface area contributed by atoms with E-state index in [1.165, 1.54) is 5.56 Å². The van der Waals surface area contributed by atoms with Crippen LogP contribution in [-0.4, -0.2) is 105 Å². The first-order valence-electron chi connectivity index (χ1n) is 11.6. The second-order valence-electron chi connectivity index (χ2n) is 8.38. The second kappa shape index (κ2) is 11.1. The van der Waals surface area contributed by atoms with Crippen molar-refractivity contribution in [2.45, 2.75) is 32.0 Å². The smallest absolute Gasteiger partial charge is 0.194 e. The Balaban J connectivity index is 1.32. The van der Waals surface area contributed by atoms with Crippen LogP contribution in [0.3, 0.4) is 0 Å². The second-order valence-corrected chi connectivity index (χ2v) is 8.38. The molecule has 1 aromatic rings. The molecule has 3 fully saturated rings. The lowest BCUT2D eigenvalue weighted by molar-refractivity contribution is -0.0502. The highest BCUT2D eigenvalue weighted by Gasteiger charge is 2.41. The summed E-state index contributed by atoms with van der Waals surface area (Å²) in [5.74, 6) is 1.04. The van der Waals surface area contributed by atoms with Gasteiger partial charge in [0.25, 0.3) is 0 Å². The summed E-state index contributed by atoms with van der Waals surface area (Å²) in [6, 6.07) is 11.2. The highest BCUT2D eigenvalue weighted by Crippen LogP contribution is 2.24. The molecular formula is C23H37N5O2. The third-order valence-electron chi connectivity index (χ3n) is 6.28. The molecule has 0 spiro atoms. The number of guanidine groups is 1. The molecule has 1 aromatic carbocycles. The SMILES string of the molecule is CCNC(=NCCCN1CCOCC1)N1CC2OCCN(Cc3ccccc3)C2C1. The van der Waals surface area contributed by atoms with Gasteiger partial charge in [0.15, 0.2) is 5.96 Å². The Hall–Kier alpha value is -1.67. The van der Waals surface area contributed by atoms with Crippen LogP contribution in [0.2, 0.25) is 0 Å². The first-order valence-corrected chi connectivity index (χ1v) is 11.6. The third kappa shape index (κ3) is 5.72. The highest BCUT2D eigenvalue weighted by molar-refractivity contribution is 5.80. The molecule has 3 heterocycles. The van der Waals surface area contributed by atoms with Crippen LogP contribution in [0.1, 0.15) is 18.9 Å². The topological polar surface area (TPSA) is 52.6 Å². The van der Waals surface area contributed by atoms with E-state index in [-0.39, 0.29) is 6.10 Å². The summed E-state index contributed by atoms with van der Waals surface area (Å²) in [4.78, 5) is 12.4. The predicted molar refractivity (Wildman–Crippen MR) is 120 cm³/mol. The molecule has 3 aliphatic rings. The molecule has 7 heteroatoms. The van der Waals surface area contributed by atoms with Gasteiger partial charge in [-0.05, 0) is 18.9 Å². The average molecular weight is 416 g/mol. The van der Waals surface area contributed by atoms with Gasteiger partial charge in [0.1, 0.15) is 0 Å². The minimum atomic E-state index is 0.264. The fraction of sp³-hybridized carbons (Fsp3) is 0.696. The van der Waals surface area contributed by atoms with E-state index in [0.29, 0.717) is 6.04 Å². The molecule has 2 unspecified atom stereocenters. The van der Waals surface area contributed by atoms with E-state index >= 15 is 0 Å². The van der Waals surface area contributed by atoms with E-state index in [1.54, 1.807) is 0 Å². The number of fused-ring (bicyclic) bond motifs is 1. The van der Waals surface area contributed by atoms with Gasteiger partial charge in [-0.2, -0.15) is 0 Å². The van der Waals surface area contributed by atoms with Crippen LogP contribution < -0.4 is 5.32 Å². The van der Waals surface area contributed by atoms with Crippen LogP contribution in [0.25, 0.3) is 0 Å². The fourth-order valence-electron chi connectivity index (χ4n) is 4.68. The molecular weight excluding hydrogens is 378 g/mol. The summed E-state index contributed by atoms with van der Waals surface area (Å²) >= 11 is 0. The molecule has 0 bridgehead atoms. The lowest BCUT2D eigenvalue weighted by Crippen LogP contribution is -2.50. The van der Waals surface area contributed by atoms with Crippen LogP contribution in [0.15, 0.2) is 35.3 Å². The van der Waals surface area contributed by atoms with Crippen molar-refractivity contribution < 1.29 is 9.47 Å². The molecule has 0 saturated carbocycles. The Labute approximate surface area is 181 Å². The zero-order valence-electron chi connectivity index (χ0n) is 18.3. The molecule has 30 heavy (non-hydrogen) atoms. The van der Waals surface area contributed by atoms with E-state index in [0.717, 1.165) is 91.1 Å². The Morgan fingerprint density at radius 3 is 2.73 bits per heavy atom. The summed E-state index contributed by atoms with van der Waals surface area (Å²) in [7, 11) is 0. The Bertz CT molecular complexity index is 665. The number of aliphatic imine (C=N–C) groups is 1. The molecule has 7 nitrogen and oxygen atoms in total. The van der Waals surface area contributed by atoms with Gasteiger partial charge in [-0.3, -0.25) is 14.8 Å². The molecule has 0 aliphatic carbocycles. The van der Waals surface area contributed by atoms with Crippen LogP contribution in [0, 0.1) is 0 Å². The molecule has 3 aliphatic heterocycles. The van der Waals surface area contributed by atoms with Gasteiger partial charge < -0.3 is 19.7 Å². The van der Waals surface area contributed by atoms with Crippen molar-refractivity contribution in [3.8, 4) is 0 Å². The molecule has 4 rings (SSSR count). The Morgan fingerprint density at radius 2 is 1.93 bits per heavy atom. The number of hydrogen-bond acceptors (Lipinski definition) is 5. The lowest BCUT2D eigenvalue weighted by atomic mass is 10.1. The number of likely N-dealkylation sites (tertiary alicyclic amines) is 1. The van der Waals surface area contributed by atoms with E-state index < -0.39 is 0 Å². The monoisotopic (exact) mass is 415 g/mol.